The van der Waals surface area contributed by atoms with Gasteiger partial charge in [0.05, 0.1) is 4.47 Å². The SMILES string of the molecule is CCN1CCC2(N3CCCC3)Oc3c(Br)cc(Br)cc3C=C2C1. The monoisotopic (exact) mass is 440 g/mol. The van der Waals surface area contributed by atoms with Gasteiger partial charge in [0.15, 0.2) is 5.72 Å². The van der Waals surface area contributed by atoms with Gasteiger partial charge in [-0.1, -0.05) is 22.9 Å². The molecule has 2 fully saturated rings. The molecular formula is C18H22Br2N2O. The summed E-state index contributed by atoms with van der Waals surface area (Å²) >= 11 is 7.29. The Bertz CT molecular complexity index is 655. The summed E-state index contributed by atoms with van der Waals surface area (Å²) in [5.74, 6) is 0.994. The van der Waals surface area contributed by atoms with Crippen LogP contribution in [-0.4, -0.2) is 48.2 Å². The number of likely N-dealkylation sites (tertiary alicyclic amines) is 2. The van der Waals surface area contributed by atoms with Crippen LogP contribution in [0.5, 0.6) is 5.75 Å². The number of likely N-dealkylation sites (N-methyl/N-ethyl adjacent to an activating group) is 1. The maximum absolute atomic E-state index is 6.75. The van der Waals surface area contributed by atoms with Crippen molar-refractivity contribution < 1.29 is 4.74 Å². The minimum Gasteiger partial charge on any atom is -0.467 e. The van der Waals surface area contributed by atoms with Crippen molar-refractivity contribution in [2.24, 2.45) is 0 Å². The second kappa shape index (κ2) is 6.17. The first-order valence-corrected chi connectivity index (χ1v) is 10.1. The Kier molecular flexibility index (Phi) is 4.33. The highest BCUT2D eigenvalue weighted by atomic mass is 79.9. The minimum atomic E-state index is -0.231. The number of rotatable bonds is 2. The lowest BCUT2D eigenvalue weighted by Gasteiger charge is -2.50. The Morgan fingerprint density at radius 2 is 1.96 bits per heavy atom. The molecule has 5 heteroatoms. The van der Waals surface area contributed by atoms with Crippen LogP contribution in [0.3, 0.4) is 0 Å². The molecular weight excluding hydrogens is 420 g/mol. The van der Waals surface area contributed by atoms with E-state index < -0.39 is 0 Å². The fraction of sp³-hybridized carbons (Fsp3) is 0.556. The van der Waals surface area contributed by atoms with E-state index in [2.05, 4.69) is 66.8 Å². The largest absolute Gasteiger partial charge is 0.467 e. The van der Waals surface area contributed by atoms with E-state index in [1.807, 2.05) is 0 Å². The molecule has 0 radical (unpaired) electrons. The van der Waals surface area contributed by atoms with E-state index in [4.69, 9.17) is 4.74 Å². The summed E-state index contributed by atoms with van der Waals surface area (Å²) in [4.78, 5) is 5.09. The number of benzene rings is 1. The van der Waals surface area contributed by atoms with Gasteiger partial charge in [-0.2, -0.15) is 0 Å². The quantitative estimate of drug-likeness (QED) is 0.671. The first kappa shape index (κ1) is 16.1. The predicted molar refractivity (Wildman–Crippen MR) is 101 cm³/mol. The lowest BCUT2D eigenvalue weighted by molar-refractivity contribution is -0.0727. The standard InChI is InChI=1S/C18H22Br2N2O/c1-2-21-8-5-18(22-6-3-4-7-22)14(12-21)9-13-10-15(19)11-16(20)17(13)23-18/h9-11H,2-8,12H2,1H3. The van der Waals surface area contributed by atoms with Crippen molar-refractivity contribution in [1.29, 1.82) is 0 Å². The third kappa shape index (κ3) is 2.70. The van der Waals surface area contributed by atoms with Crippen LogP contribution in [0.1, 0.15) is 31.7 Å². The zero-order valence-electron chi connectivity index (χ0n) is 13.4. The third-order valence-corrected chi connectivity index (χ3v) is 6.41. The molecule has 23 heavy (non-hydrogen) atoms. The lowest BCUT2D eigenvalue weighted by atomic mass is 9.88. The molecule has 3 heterocycles. The van der Waals surface area contributed by atoms with Crippen LogP contribution in [0.2, 0.25) is 0 Å². The zero-order valence-corrected chi connectivity index (χ0v) is 16.6. The normalized spacial score (nSPS) is 28.0. The molecule has 1 aromatic rings. The molecule has 0 N–H and O–H groups in total. The maximum Gasteiger partial charge on any atom is 0.188 e. The maximum atomic E-state index is 6.75. The van der Waals surface area contributed by atoms with Crippen LogP contribution in [0.25, 0.3) is 6.08 Å². The third-order valence-electron chi connectivity index (χ3n) is 5.36. The molecule has 0 aromatic heterocycles. The Morgan fingerprint density at radius 1 is 1.17 bits per heavy atom. The smallest absolute Gasteiger partial charge is 0.188 e. The van der Waals surface area contributed by atoms with Gasteiger partial charge in [-0.05, 0) is 53.5 Å². The number of fused-ring (bicyclic) bond motifs is 2. The average molecular weight is 442 g/mol. The summed E-state index contributed by atoms with van der Waals surface area (Å²) < 4.78 is 8.87. The molecule has 1 aromatic carbocycles. The van der Waals surface area contributed by atoms with Crippen LogP contribution in [-0.2, 0) is 0 Å². The summed E-state index contributed by atoms with van der Waals surface area (Å²) in [6, 6.07) is 4.24. The van der Waals surface area contributed by atoms with E-state index in [1.54, 1.807) is 0 Å². The van der Waals surface area contributed by atoms with Gasteiger partial charge in [0.2, 0.25) is 0 Å². The van der Waals surface area contributed by atoms with Crippen molar-refractivity contribution in [2.75, 3.05) is 32.7 Å². The molecule has 1 atom stereocenters. The van der Waals surface area contributed by atoms with Gasteiger partial charge in [-0.15, -0.1) is 0 Å². The first-order valence-electron chi connectivity index (χ1n) is 8.49. The molecule has 0 aliphatic carbocycles. The molecule has 3 nitrogen and oxygen atoms in total. The summed E-state index contributed by atoms with van der Waals surface area (Å²) in [6.45, 7) is 7.75. The zero-order chi connectivity index (χ0) is 16.0. The van der Waals surface area contributed by atoms with Gasteiger partial charge in [-0.25, -0.2) is 0 Å². The molecule has 3 aliphatic rings. The lowest BCUT2D eigenvalue weighted by Crippen LogP contribution is -2.60. The van der Waals surface area contributed by atoms with Gasteiger partial charge in [-0.3, -0.25) is 9.80 Å². The van der Waals surface area contributed by atoms with E-state index in [1.165, 1.54) is 24.0 Å². The minimum absolute atomic E-state index is 0.231. The van der Waals surface area contributed by atoms with E-state index >= 15 is 0 Å². The van der Waals surface area contributed by atoms with E-state index in [0.29, 0.717) is 0 Å². The van der Waals surface area contributed by atoms with E-state index in [9.17, 15) is 0 Å². The number of piperidine rings is 1. The molecule has 0 bridgehead atoms. The Hall–Kier alpha value is -0.360. The fourth-order valence-corrected chi connectivity index (χ4v) is 5.45. The van der Waals surface area contributed by atoms with Crippen LogP contribution >= 0.6 is 31.9 Å². The van der Waals surface area contributed by atoms with E-state index in [0.717, 1.165) is 53.8 Å². The Balaban J connectivity index is 1.81. The van der Waals surface area contributed by atoms with Crippen molar-refractivity contribution in [2.45, 2.75) is 31.9 Å². The highest BCUT2D eigenvalue weighted by molar-refractivity contribution is 9.11. The van der Waals surface area contributed by atoms with Crippen molar-refractivity contribution in [3.8, 4) is 5.75 Å². The second-order valence-corrected chi connectivity index (χ2v) is 8.44. The topological polar surface area (TPSA) is 15.7 Å². The van der Waals surface area contributed by atoms with Crippen molar-refractivity contribution >= 4 is 37.9 Å². The van der Waals surface area contributed by atoms with Gasteiger partial charge in [0, 0.05) is 48.2 Å². The number of nitrogens with zero attached hydrogens (tertiary/aromatic N) is 2. The van der Waals surface area contributed by atoms with Crippen LogP contribution < -0.4 is 4.74 Å². The van der Waals surface area contributed by atoms with E-state index in [-0.39, 0.29) is 5.72 Å². The van der Waals surface area contributed by atoms with Crippen molar-refractivity contribution in [3.63, 3.8) is 0 Å². The molecule has 0 saturated carbocycles. The molecule has 2 saturated heterocycles. The summed E-state index contributed by atoms with van der Waals surface area (Å²) in [6.07, 6.45) is 5.98. The predicted octanol–water partition coefficient (Wildman–Crippen LogP) is 4.51. The molecule has 124 valence electrons. The van der Waals surface area contributed by atoms with Gasteiger partial charge >= 0.3 is 0 Å². The van der Waals surface area contributed by atoms with Crippen LogP contribution in [0.15, 0.2) is 26.7 Å². The van der Waals surface area contributed by atoms with Gasteiger partial charge < -0.3 is 4.74 Å². The molecule has 0 spiro atoms. The number of hydrogen-bond donors (Lipinski definition) is 0. The Labute approximate surface area is 154 Å². The van der Waals surface area contributed by atoms with Gasteiger partial charge in [0.1, 0.15) is 5.75 Å². The van der Waals surface area contributed by atoms with Crippen LogP contribution in [0.4, 0.5) is 0 Å². The highest BCUT2D eigenvalue weighted by Crippen LogP contribution is 2.47. The molecule has 4 rings (SSSR count). The summed E-state index contributed by atoms with van der Waals surface area (Å²) in [7, 11) is 0. The van der Waals surface area contributed by atoms with Crippen molar-refractivity contribution in [3.05, 3.63) is 32.2 Å². The first-order chi connectivity index (χ1) is 11.1. The Morgan fingerprint density at radius 3 is 2.70 bits per heavy atom. The summed E-state index contributed by atoms with van der Waals surface area (Å²) in [5.41, 5.74) is 2.37. The molecule has 3 aliphatic heterocycles. The highest BCUT2D eigenvalue weighted by Gasteiger charge is 2.48. The average Bonchev–Trinajstić information content (AvgIpc) is 3.07. The number of hydrogen-bond acceptors (Lipinski definition) is 3. The molecule has 1 unspecified atom stereocenters. The number of ether oxygens (including phenoxy) is 1. The van der Waals surface area contributed by atoms with Crippen molar-refractivity contribution in [1.82, 2.24) is 9.80 Å². The van der Waals surface area contributed by atoms with Gasteiger partial charge in [0.25, 0.3) is 0 Å². The fourth-order valence-electron chi connectivity index (χ4n) is 4.11. The second-order valence-electron chi connectivity index (χ2n) is 6.67. The molecule has 0 amide bonds. The number of halogens is 2. The van der Waals surface area contributed by atoms with Crippen LogP contribution in [0, 0.1) is 0 Å². The summed E-state index contributed by atoms with van der Waals surface area (Å²) in [5, 5.41) is 0.